The second-order valence-electron chi connectivity index (χ2n) is 8.39. The van der Waals surface area contributed by atoms with E-state index >= 15 is 0 Å². The molecule has 34 heavy (non-hydrogen) atoms. The number of methoxy groups -OCH3 is 1. The van der Waals surface area contributed by atoms with Crippen molar-refractivity contribution >= 4 is 17.8 Å². The quantitative estimate of drug-likeness (QED) is 0.549. The first kappa shape index (κ1) is 26.8. The predicted octanol–water partition coefficient (Wildman–Crippen LogP) is 3.95. The standard InChI is InChI=1S/C25H31FN2O6/c1-13(2)21(19-9-8-18(26)12-14(19)3)16(5)33-25(31)15(4)28-24(30)22-23(34-17(6)29)20(32-7)10-11-27-22/h8-13,15-16,21H,1-7H3,(H,28,30)/t15-,16+,21+/m0/s1. The lowest BCUT2D eigenvalue weighted by atomic mass is 9.82. The number of pyridine rings is 1. The average molecular weight is 475 g/mol. The first-order valence-electron chi connectivity index (χ1n) is 10.9. The molecule has 8 nitrogen and oxygen atoms in total. The van der Waals surface area contributed by atoms with Crippen LogP contribution in [-0.4, -0.2) is 42.1 Å². The normalized spacial score (nSPS) is 13.6. The van der Waals surface area contributed by atoms with E-state index in [0.29, 0.717) is 0 Å². The fourth-order valence-electron chi connectivity index (χ4n) is 3.84. The van der Waals surface area contributed by atoms with Gasteiger partial charge in [-0.15, -0.1) is 0 Å². The second kappa shape index (κ2) is 11.6. The Balaban J connectivity index is 2.16. The van der Waals surface area contributed by atoms with Gasteiger partial charge in [-0.3, -0.25) is 9.59 Å². The third-order valence-electron chi connectivity index (χ3n) is 5.37. The van der Waals surface area contributed by atoms with Crippen LogP contribution in [0.2, 0.25) is 0 Å². The van der Waals surface area contributed by atoms with Gasteiger partial charge in [0.25, 0.3) is 5.91 Å². The fourth-order valence-corrected chi connectivity index (χ4v) is 3.84. The SMILES string of the molecule is COc1ccnc(C(=O)N[C@@H](C)C(=O)O[C@H](C)[C@H](c2ccc(F)cc2C)C(C)C)c1OC(C)=O. The highest BCUT2D eigenvalue weighted by Crippen LogP contribution is 2.33. The van der Waals surface area contributed by atoms with E-state index in [0.717, 1.165) is 11.1 Å². The Morgan fingerprint density at radius 1 is 1.09 bits per heavy atom. The lowest BCUT2D eigenvalue weighted by Crippen LogP contribution is -2.42. The molecule has 2 rings (SSSR count). The van der Waals surface area contributed by atoms with E-state index in [1.807, 2.05) is 20.8 Å². The molecule has 1 amide bonds. The maximum absolute atomic E-state index is 13.6. The molecule has 0 fully saturated rings. The van der Waals surface area contributed by atoms with Crippen molar-refractivity contribution in [1.29, 1.82) is 0 Å². The molecule has 0 saturated heterocycles. The van der Waals surface area contributed by atoms with Gasteiger partial charge in [-0.2, -0.15) is 0 Å². The molecule has 0 aliphatic heterocycles. The number of carbonyl (C=O) groups excluding carboxylic acids is 3. The summed E-state index contributed by atoms with van der Waals surface area (Å²) in [6.07, 6.45) is 0.784. The number of aromatic nitrogens is 1. The van der Waals surface area contributed by atoms with Gasteiger partial charge in [-0.25, -0.2) is 14.2 Å². The van der Waals surface area contributed by atoms with Crippen molar-refractivity contribution in [2.24, 2.45) is 5.92 Å². The smallest absolute Gasteiger partial charge is 0.328 e. The number of aryl methyl sites for hydroxylation is 1. The van der Waals surface area contributed by atoms with Gasteiger partial charge in [0, 0.05) is 25.1 Å². The fraction of sp³-hybridized carbons (Fsp3) is 0.440. The van der Waals surface area contributed by atoms with E-state index in [1.54, 1.807) is 13.0 Å². The van der Waals surface area contributed by atoms with E-state index in [4.69, 9.17) is 14.2 Å². The van der Waals surface area contributed by atoms with Crippen molar-refractivity contribution in [1.82, 2.24) is 10.3 Å². The Morgan fingerprint density at radius 3 is 2.32 bits per heavy atom. The zero-order valence-electron chi connectivity index (χ0n) is 20.5. The molecule has 0 saturated carbocycles. The van der Waals surface area contributed by atoms with E-state index in [9.17, 15) is 18.8 Å². The maximum atomic E-state index is 13.6. The first-order valence-corrected chi connectivity index (χ1v) is 10.9. The summed E-state index contributed by atoms with van der Waals surface area (Å²) in [5, 5.41) is 2.52. The number of hydrogen-bond acceptors (Lipinski definition) is 7. The van der Waals surface area contributed by atoms with Gasteiger partial charge in [0.15, 0.2) is 11.4 Å². The van der Waals surface area contributed by atoms with Crippen LogP contribution in [0.15, 0.2) is 30.5 Å². The summed E-state index contributed by atoms with van der Waals surface area (Å²) in [6.45, 7) is 10.2. The van der Waals surface area contributed by atoms with Gasteiger partial charge < -0.3 is 19.5 Å². The molecule has 1 heterocycles. The van der Waals surface area contributed by atoms with E-state index < -0.39 is 30.0 Å². The molecular weight excluding hydrogens is 443 g/mol. The van der Waals surface area contributed by atoms with Crippen molar-refractivity contribution in [2.45, 2.75) is 59.6 Å². The minimum atomic E-state index is -1.02. The third-order valence-corrected chi connectivity index (χ3v) is 5.37. The summed E-state index contributed by atoms with van der Waals surface area (Å²) < 4.78 is 29.5. The highest BCUT2D eigenvalue weighted by atomic mass is 19.1. The van der Waals surface area contributed by atoms with Crippen LogP contribution in [0.3, 0.4) is 0 Å². The largest absolute Gasteiger partial charge is 0.493 e. The highest BCUT2D eigenvalue weighted by Gasteiger charge is 2.30. The Hall–Kier alpha value is -3.49. The average Bonchev–Trinajstić information content (AvgIpc) is 2.74. The Kier molecular flexibility index (Phi) is 9.11. The van der Waals surface area contributed by atoms with Crippen LogP contribution in [0, 0.1) is 18.7 Å². The van der Waals surface area contributed by atoms with Crippen molar-refractivity contribution in [3.05, 3.63) is 53.1 Å². The molecule has 0 aliphatic carbocycles. The zero-order valence-corrected chi connectivity index (χ0v) is 20.5. The Labute approximate surface area is 198 Å². The monoisotopic (exact) mass is 474 g/mol. The number of nitrogens with zero attached hydrogens (tertiary/aromatic N) is 1. The molecule has 0 bridgehead atoms. The molecule has 0 aliphatic rings. The minimum absolute atomic E-state index is 0.101. The van der Waals surface area contributed by atoms with Gasteiger partial charge in [0.05, 0.1) is 7.11 Å². The highest BCUT2D eigenvalue weighted by molar-refractivity contribution is 5.98. The Bertz CT molecular complexity index is 1060. The van der Waals surface area contributed by atoms with Gasteiger partial charge >= 0.3 is 11.9 Å². The number of benzene rings is 1. The summed E-state index contributed by atoms with van der Waals surface area (Å²) in [6, 6.07) is 4.96. The molecule has 0 spiro atoms. The number of ether oxygens (including phenoxy) is 3. The van der Waals surface area contributed by atoms with Gasteiger partial charge in [-0.1, -0.05) is 19.9 Å². The summed E-state index contributed by atoms with van der Waals surface area (Å²) in [7, 11) is 1.36. The molecule has 9 heteroatoms. The van der Waals surface area contributed by atoms with Crippen LogP contribution in [0.25, 0.3) is 0 Å². The summed E-state index contributed by atoms with van der Waals surface area (Å²) >= 11 is 0. The number of rotatable bonds is 9. The number of amides is 1. The first-order chi connectivity index (χ1) is 16.0. The summed E-state index contributed by atoms with van der Waals surface area (Å²) in [5.74, 6) is -2.44. The molecule has 1 aromatic carbocycles. The molecule has 2 aromatic rings. The molecular formula is C25H31FN2O6. The molecule has 1 N–H and O–H groups in total. The lowest BCUT2D eigenvalue weighted by molar-refractivity contribution is -0.151. The van der Waals surface area contributed by atoms with Gasteiger partial charge in [-0.05, 0) is 49.9 Å². The van der Waals surface area contributed by atoms with E-state index in [-0.39, 0.29) is 34.8 Å². The number of carbonyl (C=O) groups is 3. The molecule has 0 radical (unpaired) electrons. The van der Waals surface area contributed by atoms with Crippen molar-refractivity contribution in [2.75, 3.05) is 7.11 Å². The van der Waals surface area contributed by atoms with Crippen LogP contribution in [-0.2, 0) is 14.3 Å². The van der Waals surface area contributed by atoms with Crippen LogP contribution in [0.5, 0.6) is 11.5 Å². The molecule has 0 unspecified atom stereocenters. The zero-order chi connectivity index (χ0) is 25.6. The van der Waals surface area contributed by atoms with Crippen molar-refractivity contribution in [3.8, 4) is 11.5 Å². The maximum Gasteiger partial charge on any atom is 0.328 e. The second-order valence-corrected chi connectivity index (χ2v) is 8.39. The topological polar surface area (TPSA) is 104 Å². The Morgan fingerprint density at radius 2 is 1.76 bits per heavy atom. The predicted molar refractivity (Wildman–Crippen MR) is 123 cm³/mol. The lowest BCUT2D eigenvalue weighted by Gasteiger charge is -2.30. The number of nitrogens with one attached hydrogen (secondary N) is 1. The van der Waals surface area contributed by atoms with Gasteiger partial charge in [0.2, 0.25) is 5.75 Å². The van der Waals surface area contributed by atoms with E-state index in [2.05, 4.69) is 10.3 Å². The third kappa shape index (κ3) is 6.52. The summed E-state index contributed by atoms with van der Waals surface area (Å²) in [5.41, 5.74) is 1.45. The van der Waals surface area contributed by atoms with Crippen LogP contribution in [0.4, 0.5) is 4.39 Å². The van der Waals surface area contributed by atoms with Crippen LogP contribution in [0.1, 0.15) is 62.2 Å². The minimum Gasteiger partial charge on any atom is -0.493 e. The number of hydrogen-bond donors (Lipinski definition) is 1. The van der Waals surface area contributed by atoms with Crippen LogP contribution >= 0.6 is 0 Å². The number of halogens is 1. The number of esters is 2. The van der Waals surface area contributed by atoms with Crippen molar-refractivity contribution in [3.63, 3.8) is 0 Å². The molecule has 184 valence electrons. The summed E-state index contributed by atoms with van der Waals surface area (Å²) in [4.78, 5) is 41.0. The van der Waals surface area contributed by atoms with Crippen LogP contribution < -0.4 is 14.8 Å². The molecule has 1 aromatic heterocycles. The van der Waals surface area contributed by atoms with E-state index in [1.165, 1.54) is 45.4 Å². The molecule has 3 atom stereocenters. The van der Waals surface area contributed by atoms with Gasteiger partial charge in [0.1, 0.15) is 18.0 Å². The van der Waals surface area contributed by atoms with Crippen molar-refractivity contribution < 1.29 is 33.0 Å².